The second kappa shape index (κ2) is 9.92. The summed E-state index contributed by atoms with van der Waals surface area (Å²) in [6.45, 7) is 0.907. The summed E-state index contributed by atoms with van der Waals surface area (Å²) in [5, 5.41) is 5.58. The van der Waals surface area contributed by atoms with Gasteiger partial charge in [-0.05, 0) is 24.3 Å². The van der Waals surface area contributed by atoms with Crippen molar-refractivity contribution in [1.82, 2.24) is 5.32 Å². The minimum absolute atomic E-state index is 0.0142. The lowest BCUT2D eigenvalue weighted by Gasteiger charge is -2.18. The first kappa shape index (κ1) is 22.1. The standard InChI is InChI=1S/C22H27N3O6/c1-28-17-7-5-16(6-8-17)25-13-14(9-20(25)26)12-23-22(27)24-15-10-18(29-2)21(31-4)19(11-15)30-3/h5-8,10-11,14H,9,12-13H2,1-4H3,(H2,23,24,27). The van der Waals surface area contributed by atoms with Gasteiger partial charge >= 0.3 is 6.03 Å². The van der Waals surface area contributed by atoms with Gasteiger partial charge in [-0.2, -0.15) is 0 Å². The Balaban J connectivity index is 1.57. The maximum atomic E-state index is 12.4. The molecule has 1 fully saturated rings. The maximum Gasteiger partial charge on any atom is 0.319 e. The van der Waals surface area contributed by atoms with Gasteiger partial charge in [0.2, 0.25) is 11.7 Å². The second-order valence-electron chi connectivity index (χ2n) is 7.02. The summed E-state index contributed by atoms with van der Waals surface area (Å²) in [5.41, 5.74) is 1.31. The minimum Gasteiger partial charge on any atom is -0.497 e. The third-order valence-electron chi connectivity index (χ3n) is 5.06. The number of rotatable bonds is 8. The molecule has 1 aliphatic heterocycles. The summed E-state index contributed by atoms with van der Waals surface area (Å²) in [6, 6.07) is 10.2. The van der Waals surface area contributed by atoms with E-state index in [2.05, 4.69) is 10.6 Å². The van der Waals surface area contributed by atoms with Gasteiger partial charge in [0.1, 0.15) is 5.75 Å². The largest absolute Gasteiger partial charge is 0.497 e. The molecule has 0 saturated carbocycles. The third-order valence-corrected chi connectivity index (χ3v) is 5.06. The molecule has 0 aliphatic carbocycles. The van der Waals surface area contributed by atoms with Gasteiger partial charge in [0.05, 0.1) is 34.1 Å². The SMILES string of the molecule is COc1ccc(N2CC(CNC(=O)Nc3cc(OC)c(OC)c(OC)c3)CC2=O)cc1. The van der Waals surface area contributed by atoms with E-state index < -0.39 is 0 Å². The van der Waals surface area contributed by atoms with E-state index in [9.17, 15) is 9.59 Å². The van der Waals surface area contributed by atoms with Crippen molar-refractivity contribution in [1.29, 1.82) is 0 Å². The Hall–Kier alpha value is -3.62. The van der Waals surface area contributed by atoms with E-state index >= 15 is 0 Å². The van der Waals surface area contributed by atoms with Gasteiger partial charge in [-0.1, -0.05) is 0 Å². The molecule has 3 amide bonds. The number of urea groups is 1. The van der Waals surface area contributed by atoms with Crippen LogP contribution in [-0.2, 0) is 4.79 Å². The molecule has 1 aliphatic rings. The first-order valence-electron chi connectivity index (χ1n) is 9.78. The average Bonchev–Trinajstić information content (AvgIpc) is 3.17. The first-order valence-corrected chi connectivity index (χ1v) is 9.78. The van der Waals surface area contributed by atoms with E-state index in [-0.39, 0.29) is 17.9 Å². The lowest BCUT2D eigenvalue weighted by atomic mass is 10.1. The van der Waals surface area contributed by atoms with Gasteiger partial charge in [0.25, 0.3) is 0 Å². The quantitative estimate of drug-likeness (QED) is 0.670. The van der Waals surface area contributed by atoms with Crippen LogP contribution in [0.1, 0.15) is 6.42 Å². The predicted molar refractivity (Wildman–Crippen MR) is 117 cm³/mol. The molecule has 1 unspecified atom stereocenters. The number of amides is 3. The lowest BCUT2D eigenvalue weighted by molar-refractivity contribution is -0.117. The van der Waals surface area contributed by atoms with E-state index in [1.807, 2.05) is 24.3 Å². The molecule has 0 spiro atoms. The van der Waals surface area contributed by atoms with Crippen molar-refractivity contribution in [3.63, 3.8) is 0 Å². The molecule has 166 valence electrons. The van der Waals surface area contributed by atoms with Gasteiger partial charge in [-0.15, -0.1) is 0 Å². The van der Waals surface area contributed by atoms with Crippen LogP contribution in [-0.4, -0.2) is 53.5 Å². The van der Waals surface area contributed by atoms with Gasteiger partial charge < -0.3 is 34.5 Å². The Labute approximate surface area is 181 Å². The van der Waals surface area contributed by atoms with Crippen molar-refractivity contribution in [2.75, 3.05) is 51.7 Å². The van der Waals surface area contributed by atoms with Crippen LogP contribution in [0.25, 0.3) is 0 Å². The van der Waals surface area contributed by atoms with Crippen LogP contribution >= 0.6 is 0 Å². The number of ether oxygens (including phenoxy) is 4. The van der Waals surface area contributed by atoms with Crippen LogP contribution in [0, 0.1) is 5.92 Å². The van der Waals surface area contributed by atoms with Crippen LogP contribution < -0.4 is 34.5 Å². The van der Waals surface area contributed by atoms with Crippen molar-refractivity contribution in [3.8, 4) is 23.0 Å². The molecule has 9 nitrogen and oxygen atoms in total. The summed E-state index contributed by atoms with van der Waals surface area (Å²) in [5.74, 6) is 2.10. The molecule has 0 radical (unpaired) electrons. The fourth-order valence-electron chi connectivity index (χ4n) is 3.50. The second-order valence-corrected chi connectivity index (χ2v) is 7.02. The van der Waals surface area contributed by atoms with Crippen molar-refractivity contribution in [2.24, 2.45) is 5.92 Å². The lowest BCUT2D eigenvalue weighted by Crippen LogP contribution is -2.34. The predicted octanol–water partition coefficient (Wildman–Crippen LogP) is 2.90. The first-order chi connectivity index (χ1) is 15.0. The van der Waals surface area contributed by atoms with Crippen LogP contribution in [0.5, 0.6) is 23.0 Å². The normalized spacial score (nSPS) is 15.4. The number of hydrogen-bond acceptors (Lipinski definition) is 6. The van der Waals surface area contributed by atoms with E-state index in [1.165, 1.54) is 21.3 Å². The molecule has 2 N–H and O–H groups in total. The van der Waals surface area contributed by atoms with Crippen molar-refractivity contribution in [2.45, 2.75) is 6.42 Å². The van der Waals surface area contributed by atoms with Gasteiger partial charge in [-0.25, -0.2) is 4.79 Å². The number of methoxy groups -OCH3 is 4. The third kappa shape index (κ3) is 5.11. The number of hydrogen-bond donors (Lipinski definition) is 2. The highest BCUT2D eigenvalue weighted by atomic mass is 16.5. The molecular formula is C22H27N3O6. The van der Waals surface area contributed by atoms with Crippen molar-refractivity contribution < 1.29 is 28.5 Å². The Morgan fingerprint density at radius 2 is 1.65 bits per heavy atom. The number of carbonyl (C=O) groups excluding carboxylic acids is 2. The monoisotopic (exact) mass is 429 g/mol. The summed E-state index contributed by atoms with van der Waals surface area (Å²) in [7, 11) is 6.12. The molecule has 9 heteroatoms. The molecule has 0 bridgehead atoms. The highest BCUT2D eigenvalue weighted by molar-refractivity contribution is 5.96. The highest BCUT2D eigenvalue weighted by Gasteiger charge is 2.30. The molecule has 2 aromatic rings. The van der Waals surface area contributed by atoms with Crippen molar-refractivity contribution in [3.05, 3.63) is 36.4 Å². The Morgan fingerprint density at radius 3 is 2.19 bits per heavy atom. The van der Waals surface area contributed by atoms with Crippen LogP contribution in [0.15, 0.2) is 36.4 Å². The minimum atomic E-state index is -0.385. The maximum absolute atomic E-state index is 12.4. The molecule has 2 aromatic carbocycles. The zero-order chi connectivity index (χ0) is 22.4. The number of benzene rings is 2. The van der Waals surface area contributed by atoms with Crippen molar-refractivity contribution >= 4 is 23.3 Å². The van der Waals surface area contributed by atoms with Crippen LogP contribution in [0.2, 0.25) is 0 Å². The number of carbonyl (C=O) groups is 2. The Bertz CT molecular complexity index is 906. The molecule has 0 aromatic heterocycles. The number of anilines is 2. The Kier molecular flexibility index (Phi) is 7.07. The fourth-order valence-corrected chi connectivity index (χ4v) is 3.50. The summed E-state index contributed by atoms with van der Waals surface area (Å²) in [4.78, 5) is 26.5. The van der Waals surface area contributed by atoms with Gasteiger partial charge in [-0.3, -0.25) is 4.79 Å². The van der Waals surface area contributed by atoms with Crippen LogP contribution in [0.4, 0.5) is 16.2 Å². The smallest absolute Gasteiger partial charge is 0.319 e. The van der Waals surface area contributed by atoms with Gasteiger partial charge in [0.15, 0.2) is 11.5 Å². The number of nitrogens with one attached hydrogen (secondary N) is 2. The molecule has 1 atom stereocenters. The molecule has 1 saturated heterocycles. The summed E-state index contributed by atoms with van der Waals surface area (Å²) in [6.07, 6.45) is 0.372. The van der Waals surface area contributed by atoms with E-state index in [4.69, 9.17) is 18.9 Å². The molecule has 1 heterocycles. The molecule has 31 heavy (non-hydrogen) atoms. The summed E-state index contributed by atoms with van der Waals surface area (Å²) >= 11 is 0. The topological polar surface area (TPSA) is 98.4 Å². The number of nitrogens with zero attached hydrogens (tertiary/aromatic N) is 1. The highest BCUT2D eigenvalue weighted by Crippen LogP contribution is 2.39. The van der Waals surface area contributed by atoms with E-state index in [0.717, 1.165) is 11.4 Å². The van der Waals surface area contributed by atoms with E-state index in [1.54, 1.807) is 24.1 Å². The average molecular weight is 429 g/mol. The van der Waals surface area contributed by atoms with Gasteiger partial charge in [0, 0.05) is 43.2 Å². The fraction of sp³-hybridized carbons (Fsp3) is 0.364. The summed E-state index contributed by atoms with van der Waals surface area (Å²) < 4.78 is 21.0. The Morgan fingerprint density at radius 1 is 1.00 bits per heavy atom. The molecule has 3 rings (SSSR count). The zero-order valence-electron chi connectivity index (χ0n) is 18.1. The van der Waals surface area contributed by atoms with Crippen LogP contribution in [0.3, 0.4) is 0 Å². The molecular weight excluding hydrogens is 402 g/mol. The zero-order valence-corrected chi connectivity index (χ0v) is 18.1. The van der Waals surface area contributed by atoms with E-state index in [0.29, 0.717) is 42.4 Å².